The third-order valence-corrected chi connectivity index (χ3v) is 9.98. The molecule has 0 bridgehead atoms. The van der Waals surface area contributed by atoms with E-state index in [0.717, 1.165) is 45.7 Å². The zero-order valence-electron chi connectivity index (χ0n) is 32.3. The molecular weight excluding hydrogens is 677 g/mol. The van der Waals surface area contributed by atoms with Crippen molar-refractivity contribution in [1.82, 2.24) is 14.8 Å². The van der Waals surface area contributed by atoms with E-state index in [0.29, 0.717) is 43.0 Å². The number of carbonyl (C=O) groups is 3. The molecule has 9 nitrogen and oxygen atoms in total. The lowest BCUT2D eigenvalue weighted by molar-refractivity contribution is 0.0527. The molecule has 3 amide bonds. The number of anilines is 1. The predicted molar refractivity (Wildman–Crippen MR) is 213 cm³/mol. The van der Waals surface area contributed by atoms with Crippen molar-refractivity contribution < 1.29 is 23.9 Å². The Morgan fingerprint density at radius 1 is 0.852 bits per heavy atom. The second-order valence-corrected chi connectivity index (χ2v) is 15.0. The van der Waals surface area contributed by atoms with Crippen molar-refractivity contribution >= 4 is 23.6 Å². The Morgan fingerprint density at radius 2 is 1.54 bits per heavy atom. The SMILES string of the molecule is Cc1c(C(=O)N(C)c2ccc(OCc3ccccc3)cc2)cc(-c2cc(CCNC(=O)OC(C)(C)C)ccc2C(=O)N2Cc3ccccc3C[C@H]2C)n1C. The lowest BCUT2D eigenvalue weighted by Crippen LogP contribution is -2.42. The van der Waals surface area contributed by atoms with E-state index in [2.05, 4.69) is 24.4 Å². The van der Waals surface area contributed by atoms with Crippen LogP contribution in [-0.2, 0) is 37.8 Å². The van der Waals surface area contributed by atoms with E-state index in [1.54, 1.807) is 11.9 Å². The van der Waals surface area contributed by atoms with Gasteiger partial charge in [-0.2, -0.15) is 0 Å². The number of alkyl carbamates (subject to hydrolysis) is 1. The maximum Gasteiger partial charge on any atom is 0.407 e. The van der Waals surface area contributed by atoms with Crippen LogP contribution in [0.4, 0.5) is 10.5 Å². The second kappa shape index (κ2) is 16.0. The number of carbonyl (C=O) groups excluding carboxylic acids is 3. The number of hydrogen-bond donors (Lipinski definition) is 1. The van der Waals surface area contributed by atoms with Gasteiger partial charge in [0, 0.05) is 61.4 Å². The molecule has 0 aliphatic carbocycles. The van der Waals surface area contributed by atoms with Gasteiger partial charge >= 0.3 is 6.09 Å². The average molecular weight is 727 g/mol. The summed E-state index contributed by atoms with van der Waals surface area (Å²) in [4.78, 5) is 44.5. The summed E-state index contributed by atoms with van der Waals surface area (Å²) in [6, 6.07) is 33.5. The molecule has 54 heavy (non-hydrogen) atoms. The van der Waals surface area contributed by atoms with Crippen molar-refractivity contribution in [2.24, 2.45) is 7.05 Å². The van der Waals surface area contributed by atoms with Gasteiger partial charge in [-0.25, -0.2) is 4.79 Å². The highest BCUT2D eigenvalue weighted by Crippen LogP contribution is 2.33. The van der Waals surface area contributed by atoms with Gasteiger partial charge < -0.3 is 29.2 Å². The molecule has 1 atom stereocenters. The van der Waals surface area contributed by atoms with Crippen molar-refractivity contribution in [3.8, 4) is 17.0 Å². The first-order valence-corrected chi connectivity index (χ1v) is 18.5. The highest BCUT2D eigenvalue weighted by Gasteiger charge is 2.30. The highest BCUT2D eigenvalue weighted by molar-refractivity contribution is 6.08. The van der Waals surface area contributed by atoms with E-state index in [4.69, 9.17) is 9.47 Å². The number of benzene rings is 4. The summed E-state index contributed by atoms with van der Waals surface area (Å²) in [6.45, 7) is 10.8. The van der Waals surface area contributed by atoms with Crippen LogP contribution in [0.25, 0.3) is 11.3 Å². The number of hydrogen-bond acceptors (Lipinski definition) is 5. The summed E-state index contributed by atoms with van der Waals surface area (Å²) in [5.41, 5.74) is 7.92. The predicted octanol–water partition coefficient (Wildman–Crippen LogP) is 8.51. The molecule has 280 valence electrons. The minimum atomic E-state index is -0.598. The molecular formula is C45H50N4O5. The molecule has 4 aromatic carbocycles. The third-order valence-electron chi connectivity index (χ3n) is 9.98. The number of nitrogens with one attached hydrogen (secondary N) is 1. The molecule has 2 heterocycles. The average Bonchev–Trinajstić information content (AvgIpc) is 3.45. The van der Waals surface area contributed by atoms with Crippen molar-refractivity contribution in [1.29, 1.82) is 0 Å². The van der Waals surface area contributed by atoms with Crippen molar-refractivity contribution in [3.63, 3.8) is 0 Å². The third kappa shape index (κ3) is 8.68. The molecule has 0 unspecified atom stereocenters. The largest absolute Gasteiger partial charge is 0.489 e. The van der Waals surface area contributed by atoms with Gasteiger partial charge in [0.2, 0.25) is 0 Å². The van der Waals surface area contributed by atoms with Crippen molar-refractivity contribution in [2.75, 3.05) is 18.5 Å². The van der Waals surface area contributed by atoms with Gasteiger partial charge in [0.05, 0.1) is 5.56 Å². The van der Waals surface area contributed by atoms with Crippen LogP contribution in [-0.4, -0.2) is 52.6 Å². The Kier molecular flexibility index (Phi) is 11.3. The first-order chi connectivity index (χ1) is 25.8. The van der Waals surface area contributed by atoms with E-state index in [1.165, 1.54) is 5.56 Å². The summed E-state index contributed by atoms with van der Waals surface area (Å²) in [5.74, 6) is 0.481. The van der Waals surface area contributed by atoms with Crippen LogP contribution in [0.1, 0.15) is 76.4 Å². The lowest BCUT2D eigenvalue weighted by atomic mass is 9.92. The Balaban J connectivity index is 1.27. The molecule has 0 saturated heterocycles. The number of amides is 3. The number of aromatic nitrogens is 1. The number of ether oxygens (including phenoxy) is 2. The highest BCUT2D eigenvalue weighted by atomic mass is 16.6. The van der Waals surface area contributed by atoms with Crippen LogP contribution in [0.2, 0.25) is 0 Å². The Labute approximate surface area is 318 Å². The van der Waals surface area contributed by atoms with Crippen LogP contribution in [0.15, 0.2) is 103 Å². The van der Waals surface area contributed by atoms with E-state index in [9.17, 15) is 14.4 Å². The molecule has 0 fully saturated rings. The molecule has 6 rings (SSSR count). The Bertz CT molecular complexity index is 2130. The number of nitrogens with zero attached hydrogens (tertiary/aromatic N) is 3. The maximum absolute atomic E-state index is 14.5. The van der Waals surface area contributed by atoms with Crippen molar-refractivity contribution in [2.45, 2.75) is 72.3 Å². The minimum absolute atomic E-state index is 0.00835. The van der Waals surface area contributed by atoms with E-state index in [1.807, 2.05) is 135 Å². The summed E-state index contributed by atoms with van der Waals surface area (Å²) < 4.78 is 13.3. The molecule has 0 spiro atoms. The molecule has 0 radical (unpaired) electrons. The fraction of sp³-hybridized carbons (Fsp3) is 0.311. The fourth-order valence-corrected chi connectivity index (χ4v) is 6.85. The summed E-state index contributed by atoms with van der Waals surface area (Å²) in [6.07, 6.45) is 0.825. The molecule has 0 saturated carbocycles. The van der Waals surface area contributed by atoms with Gasteiger partial charge in [-0.15, -0.1) is 0 Å². The summed E-state index contributed by atoms with van der Waals surface area (Å²) in [7, 11) is 3.68. The Morgan fingerprint density at radius 3 is 2.24 bits per heavy atom. The van der Waals surface area contributed by atoms with Crippen LogP contribution in [0, 0.1) is 6.92 Å². The lowest BCUT2D eigenvalue weighted by Gasteiger charge is -2.35. The van der Waals surface area contributed by atoms with Gasteiger partial charge in [-0.3, -0.25) is 9.59 Å². The molecule has 1 N–H and O–H groups in total. The van der Waals surface area contributed by atoms with E-state index >= 15 is 0 Å². The van der Waals surface area contributed by atoms with Crippen LogP contribution < -0.4 is 15.0 Å². The molecule has 1 aliphatic rings. The number of fused-ring (bicyclic) bond motifs is 1. The van der Waals surface area contributed by atoms with Gasteiger partial charge in [0.15, 0.2) is 0 Å². The molecule has 9 heteroatoms. The van der Waals surface area contributed by atoms with Crippen LogP contribution in [0.3, 0.4) is 0 Å². The van der Waals surface area contributed by atoms with E-state index < -0.39 is 11.7 Å². The fourth-order valence-electron chi connectivity index (χ4n) is 6.85. The second-order valence-electron chi connectivity index (χ2n) is 15.0. The topological polar surface area (TPSA) is 93.1 Å². The Hall–Kier alpha value is -5.83. The summed E-state index contributed by atoms with van der Waals surface area (Å²) >= 11 is 0. The van der Waals surface area contributed by atoms with Crippen LogP contribution in [0.5, 0.6) is 5.75 Å². The standard InChI is InChI=1S/C45H50N4O5/c1-30-25-34-15-11-12-16-35(34)28-49(30)43(51)38-22-17-32(23-24-46-44(52)54-45(3,4)5)26-40(38)41-27-39(31(2)47(41)6)42(50)48(7)36-18-20-37(21-19-36)53-29-33-13-9-8-10-14-33/h8-22,26-27,30H,23-25,28-29H2,1-7H3,(H,46,52)/t30-/m1/s1. The van der Waals surface area contributed by atoms with Gasteiger partial charge in [0.1, 0.15) is 18.0 Å². The van der Waals surface area contributed by atoms with Gasteiger partial charge in [-0.05, 0) is 112 Å². The zero-order chi connectivity index (χ0) is 38.6. The minimum Gasteiger partial charge on any atom is -0.489 e. The quantitative estimate of drug-likeness (QED) is 0.156. The normalized spacial score (nSPS) is 13.9. The molecule has 1 aliphatic heterocycles. The zero-order valence-corrected chi connectivity index (χ0v) is 32.3. The van der Waals surface area contributed by atoms with Gasteiger partial charge in [-0.1, -0.05) is 60.7 Å². The van der Waals surface area contributed by atoms with Crippen LogP contribution >= 0.6 is 0 Å². The first-order valence-electron chi connectivity index (χ1n) is 18.5. The first kappa shape index (κ1) is 37.9. The van der Waals surface area contributed by atoms with Gasteiger partial charge in [0.25, 0.3) is 11.8 Å². The van der Waals surface area contributed by atoms with Crippen molar-refractivity contribution in [3.05, 3.63) is 142 Å². The molecule has 5 aromatic rings. The molecule has 1 aromatic heterocycles. The summed E-state index contributed by atoms with van der Waals surface area (Å²) in [5, 5.41) is 2.84. The number of rotatable bonds is 10. The smallest absolute Gasteiger partial charge is 0.407 e. The monoisotopic (exact) mass is 726 g/mol. The van der Waals surface area contributed by atoms with E-state index in [-0.39, 0.29) is 17.9 Å². The maximum atomic E-state index is 14.5.